The largest absolute Gasteiger partial charge is 2.00 e. The Morgan fingerprint density at radius 1 is 0.566 bits per heavy atom. The monoisotopic (exact) mass is 798 g/mol. The molecule has 4 aromatic heterocycles. The molecule has 2 aromatic carbocycles. The van der Waals surface area contributed by atoms with Crippen molar-refractivity contribution in [2.75, 3.05) is 0 Å². The molecule has 6 rings (SSSR count). The number of alkyl halides is 6. The minimum Gasteiger partial charge on any atom is -0.542 e. The Hall–Kier alpha value is -5.58. The zero-order chi connectivity index (χ0) is 39.2. The molecule has 0 bridgehead atoms. The second-order valence-electron chi connectivity index (χ2n) is 10.3. The molecule has 4 heterocycles. The summed E-state index contributed by atoms with van der Waals surface area (Å²) in [6.07, 6.45) is 11.6. The minimum absolute atomic E-state index is 0. The number of aryl methyl sites for hydroxylation is 4. The fourth-order valence-electron chi connectivity index (χ4n) is 3.38. The van der Waals surface area contributed by atoms with Crippen molar-refractivity contribution in [1.29, 1.82) is 0 Å². The van der Waals surface area contributed by atoms with Gasteiger partial charge in [-0.25, -0.2) is 19.9 Å². The Morgan fingerprint density at radius 2 is 0.849 bits per heavy atom. The van der Waals surface area contributed by atoms with Crippen LogP contribution in [0.1, 0.15) is 22.3 Å². The molecule has 53 heavy (non-hydrogen) atoms. The number of hydrogen-bond acceptors (Lipinski definition) is 8. The zero-order valence-corrected chi connectivity index (χ0v) is 32.1. The molecule has 0 aliphatic carbocycles. The van der Waals surface area contributed by atoms with Crippen LogP contribution in [0.25, 0.3) is 0 Å². The number of carboxylic acids is 2. The predicted octanol–water partition coefficient (Wildman–Crippen LogP) is 3.91. The molecule has 0 saturated carbocycles. The summed E-state index contributed by atoms with van der Waals surface area (Å²) < 4.78 is 71.0. The van der Waals surface area contributed by atoms with Gasteiger partial charge >= 0.3 is 31.8 Å². The number of carbonyl (C=O) groups is 2. The van der Waals surface area contributed by atoms with Crippen LogP contribution < -0.4 is 10.2 Å². The fourth-order valence-corrected chi connectivity index (χ4v) is 3.38. The van der Waals surface area contributed by atoms with E-state index in [9.17, 15) is 26.3 Å². The fraction of sp³-hybridized carbons (Fsp3) is 0.235. The van der Waals surface area contributed by atoms with E-state index in [0.717, 1.165) is 13.1 Å². The van der Waals surface area contributed by atoms with Crippen molar-refractivity contribution in [2.45, 2.75) is 39.3 Å². The maximum atomic E-state index is 10.5. The molecule has 0 unspecified atom stereocenters. The third-order valence-electron chi connectivity index (χ3n) is 6.08. The van der Waals surface area contributed by atoms with Crippen LogP contribution in [-0.4, -0.2) is 62.5 Å². The van der Waals surface area contributed by atoms with Crippen LogP contribution in [0.2, 0.25) is 0 Å². The summed E-state index contributed by atoms with van der Waals surface area (Å²) in [6, 6.07) is 16.8. The van der Waals surface area contributed by atoms with E-state index in [0.29, 0.717) is 0 Å². The number of benzene rings is 2. The first kappa shape index (κ1) is 47.4. The number of carbonyl (C=O) groups excluding carboxylic acids is 2. The molecule has 0 radical (unpaired) electrons. The average molecular weight is 800 g/mol. The number of nitrogens with zero attached hydrogens (tertiary/aromatic N) is 8. The first-order valence-corrected chi connectivity index (χ1v) is 14.8. The minimum atomic E-state index is -5.19. The van der Waals surface area contributed by atoms with Gasteiger partial charge in [-0.2, -0.15) is 26.3 Å². The molecule has 0 aliphatic heterocycles. The molecule has 19 heteroatoms. The van der Waals surface area contributed by atoms with Gasteiger partial charge in [0.2, 0.25) is 0 Å². The Bertz CT molecular complexity index is 1680. The van der Waals surface area contributed by atoms with E-state index in [1.807, 2.05) is 60.7 Å². The third-order valence-corrected chi connectivity index (χ3v) is 6.08. The average Bonchev–Trinajstić information content (AvgIpc) is 3.91. The van der Waals surface area contributed by atoms with Gasteiger partial charge in [0, 0.05) is 76.8 Å². The molecule has 0 amide bonds. The number of imidazole rings is 4. The third kappa shape index (κ3) is 22.1. The molecular formula is C34H36F6N8O4Zn. The van der Waals surface area contributed by atoms with Crippen LogP contribution in [0, 0.1) is 13.8 Å². The molecule has 12 nitrogen and oxygen atoms in total. The van der Waals surface area contributed by atoms with Gasteiger partial charge in [0.25, 0.3) is 0 Å². The van der Waals surface area contributed by atoms with Crippen LogP contribution in [-0.2, 0) is 56.3 Å². The van der Waals surface area contributed by atoms with Crippen molar-refractivity contribution in [3.63, 3.8) is 0 Å². The SMILES string of the molecule is Cc1ccccc1Cn1ccnc1.Cc1ccccc1Cn1ccnc1.Cn1ccnc1.Cn1ccnc1.O=C([O-])C(F)(F)F.O=C([O-])C(F)(F)F.[Zn+2]. The van der Waals surface area contributed by atoms with E-state index in [1.165, 1.54) is 22.3 Å². The van der Waals surface area contributed by atoms with Gasteiger partial charge in [-0.3, -0.25) is 0 Å². The van der Waals surface area contributed by atoms with E-state index in [-0.39, 0.29) is 19.5 Å². The molecule has 0 atom stereocenters. The van der Waals surface area contributed by atoms with Crippen LogP contribution in [0.15, 0.2) is 123 Å². The summed E-state index contributed by atoms with van der Waals surface area (Å²) in [6.45, 7) is 6.08. The molecule has 0 N–H and O–H groups in total. The Labute approximate surface area is 314 Å². The second-order valence-corrected chi connectivity index (χ2v) is 10.3. The number of hydrogen-bond donors (Lipinski definition) is 0. The summed E-state index contributed by atoms with van der Waals surface area (Å²) in [5.41, 5.74) is 5.36. The molecule has 0 aliphatic rings. The Balaban J connectivity index is 0.000000632. The van der Waals surface area contributed by atoms with Gasteiger partial charge in [-0.05, 0) is 36.1 Å². The molecule has 0 fully saturated rings. The summed E-state index contributed by atoms with van der Waals surface area (Å²) in [7, 11) is 3.88. The van der Waals surface area contributed by atoms with Gasteiger partial charge < -0.3 is 38.1 Å². The van der Waals surface area contributed by atoms with Crippen LogP contribution in [0.4, 0.5) is 26.3 Å². The van der Waals surface area contributed by atoms with E-state index < -0.39 is 24.3 Å². The molecule has 0 saturated heterocycles. The Kier molecular flexibility index (Phi) is 22.0. The van der Waals surface area contributed by atoms with Gasteiger partial charge in [0.05, 0.1) is 25.3 Å². The number of halogens is 6. The topological polar surface area (TPSA) is 152 Å². The number of aliphatic carboxylic acids is 2. The maximum Gasteiger partial charge on any atom is 2.00 e. The van der Waals surface area contributed by atoms with Crippen molar-refractivity contribution in [2.24, 2.45) is 14.1 Å². The van der Waals surface area contributed by atoms with Gasteiger partial charge in [0.1, 0.15) is 11.9 Å². The molecular weight excluding hydrogens is 764 g/mol. The first-order valence-electron chi connectivity index (χ1n) is 14.8. The first-order chi connectivity index (χ1) is 24.4. The van der Waals surface area contributed by atoms with Crippen LogP contribution in [0.5, 0.6) is 0 Å². The van der Waals surface area contributed by atoms with E-state index in [1.54, 1.807) is 37.4 Å². The van der Waals surface area contributed by atoms with Crippen LogP contribution in [0.3, 0.4) is 0 Å². The summed E-state index contributed by atoms with van der Waals surface area (Å²) in [5, 5.41) is 17.6. The van der Waals surface area contributed by atoms with Crippen molar-refractivity contribution < 1.29 is 65.6 Å². The normalized spacial score (nSPS) is 10.0. The van der Waals surface area contributed by atoms with Crippen molar-refractivity contribution in [1.82, 2.24) is 38.2 Å². The van der Waals surface area contributed by atoms with E-state index in [2.05, 4.69) is 91.4 Å². The van der Waals surface area contributed by atoms with Gasteiger partial charge in [-0.15, -0.1) is 0 Å². The number of rotatable bonds is 4. The summed E-state index contributed by atoms with van der Waals surface area (Å²) in [5.74, 6) is -6.01. The van der Waals surface area contributed by atoms with Gasteiger partial charge in [-0.1, -0.05) is 48.5 Å². The van der Waals surface area contributed by atoms with Gasteiger partial charge in [0.15, 0.2) is 0 Å². The van der Waals surface area contributed by atoms with Crippen molar-refractivity contribution >= 4 is 11.9 Å². The summed E-state index contributed by atoms with van der Waals surface area (Å²) >= 11 is 0. The zero-order valence-electron chi connectivity index (χ0n) is 29.1. The van der Waals surface area contributed by atoms with E-state index in [4.69, 9.17) is 19.8 Å². The standard InChI is InChI=1S/2C11H12N2.2C4H6N2.2C2HF3O2.Zn/c2*1-10-4-2-3-5-11(10)8-13-7-6-12-9-13;2*1-6-3-2-5-4-6;2*3-2(4,5)1(6)7;/h2*2-7,9H,8H2,1H3;2*2-4H,1H3;2*(H,6,7);/q;;;;;;+2/p-2. The quantitative estimate of drug-likeness (QED) is 0.193. The second kappa shape index (κ2) is 24.6. The number of aromatic nitrogens is 8. The summed E-state index contributed by atoms with van der Waals surface area (Å²) in [4.78, 5) is 33.2. The van der Waals surface area contributed by atoms with Crippen molar-refractivity contribution in [3.05, 3.63) is 146 Å². The molecule has 6 aromatic rings. The number of carboxylic acid groups (broad SMARTS) is 2. The van der Waals surface area contributed by atoms with Crippen LogP contribution >= 0.6 is 0 Å². The molecule has 0 spiro atoms. The Morgan fingerprint density at radius 3 is 1.04 bits per heavy atom. The molecule has 280 valence electrons. The smallest absolute Gasteiger partial charge is 0.542 e. The van der Waals surface area contributed by atoms with Crippen molar-refractivity contribution in [3.8, 4) is 0 Å². The predicted molar refractivity (Wildman–Crippen MR) is 174 cm³/mol. The maximum absolute atomic E-state index is 10.5. The van der Waals surface area contributed by atoms with E-state index >= 15 is 0 Å².